The minimum atomic E-state index is -0.120. The number of ether oxygens (including phenoxy) is 1. The molecule has 0 radical (unpaired) electrons. The Morgan fingerprint density at radius 1 is 1.35 bits per heavy atom. The van der Waals surface area contributed by atoms with Crippen LogP contribution in [0.15, 0.2) is 27.3 Å². The lowest BCUT2D eigenvalue weighted by Crippen LogP contribution is -2.44. The first-order chi connectivity index (χ1) is 11.0. The number of aromatic nitrogens is 2. The number of likely N-dealkylation sites (tertiary alicyclic amines) is 1. The van der Waals surface area contributed by atoms with Crippen molar-refractivity contribution in [2.24, 2.45) is 0 Å². The molecule has 1 aliphatic rings. The average molecular weight is 380 g/mol. The van der Waals surface area contributed by atoms with Crippen molar-refractivity contribution in [1.82, 2.24) is 14.9 Å². The third-order valence-electron chi connectivity index (χ3n) is 3.68. The van der Waals surface area contributed by atoms with E-state index in [1.807, 2.05) is 19.9 Å². The Hall–Kier alpha value is -1.89. The fraction of sp³-hybridized carbons (Fsp3) is 0.438. The summed E-state index contributed by atoms with van der Waals surface area (Å²) in [5.74, 6) is 0.213. The van der Waals surface area contributed by atoms with E-state index in [2.05, 4.69) is 25.9 Å². The van der Waals surface area contributed by atoms with Crippen molar-refractivity contribution in [3.05, 3.63) is 40.0 Å². The van der Waals surface area contributed by atoms with Gasteiger partial charge in [0.15, 0.2) is 10.4 Å². The number of nitrogens with zero attached hydrogens (tertiary/aromatic N) is 3. The Balaban J connectivity index is 1.67. The summed E-state index contributed by atoms with van der Waals surface area (Å²) in [5, 5.41) is 0. The summed E-state index contributed by atoms with van der Waals surface area (Å²) in [6.07, 6.45) is 1.65. The van der Waals surface area contributed by atoms with Crippen LogP contribution in [-0.4, -0.2) is 40.0 Å². The summed E-state index contributed by atoms with van der Waals surface area (Å²) < 4.78 is 11.8. The summed E-state index contributed by atoms with van der Waals surface area (Å²) in [6, 6.07) is 5.67. The molecule has 0 saturated carbocycles. The van der Waals surface area contributed by atoms with Gasteiger partial charge in [-0.1, -0.05) is 0 Å². The van der Waals surface area contributed by atoms with Crippen LogP contribution in [0.5, 0.6) is 6.01 Å². The predicted molar refractivity (Wildman–Crippen MR) is 87.5 cm³/mol. The van der Waals surface area contributed by atoms with Crippen molar-refractivity contribution in [2.45, 2.75) is 32.8 Å². The van der Waals surface area contributed by atoms with Crippen LogP contribution < -0.4 is 4.74 Å². The van der Waals surface area contributed by atoms with Crippen LogP contribution >= 0.6 is 15.9 Å². The highest BCUT2D eigenvalue weighted by Crippen LogP contribution is 2.20. The van der Waals surface area contributed by atoms with E-state index in [1.54, 1.807) is 17.0 Å². The maximum atomic E-state index is 12.4. The molecule has 122 valence electrons. The van der Waals surface area contributed by atoms with Gasteiger partial charge in [0.05, 0.1) is 6.54 Å². The van der Waals surface area contributed by atoms with Crippen molar-refractivity contribution in [3.8, 4) is 6.01 Å². The van der Waals surface area contributed by atoms with Crippen LogP contribution in [0.25, 0.3) is 0 Å². The van der Waals surface area contributed by atoms with E-state index in [-0.39, 0.29) is 12.0 Å². The number of aryl methyl sites for hydroxylation is 2. The largest absolute Gasteiger partial charge is 0.458 e. The van der Waals surface area contributed by atoms with E-state index in [0.717, 1.165) is 24.2 Å². The zero-order chi connectivity index (χ0) is 16.4. The molecule has 0 N–H and O–H groups in total. The number of hydrogen-bond donors (Lipinski definition) is 0. The molecular formula is C16H18BrN3O3. The molecular weight excluding hydrogens is 362 g/mol. The van der Waals surface area contributed by atoms with Crippen molar-refractivity contribution in [3.63, 3.8) is 0 Å². The molecule has 1 saturated heterocycles. The summed E-state index contributed by atoms with van der Waals surface area (Å²) in [7, 11) is 0. The van der Waals surface area contributed by atoms with E-state index in [4.69, 9.17) is 9.15 Å². The van der Waals surface area contributed by atoms with Crippen LogP contribution in [0.3, 0.4) is 0 Å². The molecule has 3 rings (SSSR count). The summed E-state index contributed by atoms with van der Waals surface area (Å²) in [4.78, 5) is 22.8. The van der Waals surface area contributed by atoms with Gasteiger partial charge < -0.3 is 14.1 Å². The number of carbonyl (C=O) groups excluding carboxylic acids is 1. The molecule has 2 aromatic rings. The number of furan rings is 1. The second-order valence-corrected chi connectivity index (χ2v) is 6.45. The smallest absolute Gasteiger partial charge is 0.317 e. The normalized spacial score (nSPS) is 18.0. The van der Waals surface area contributed by atoms with Crippen LogP contribution in [-0.2, 0) is 0 Å². The maximum Gasteiger partial charge on any atom is 0.317 e. The van der Waals surface area contributed by atoms with Gasteiger partial charge in [0.25, 0.3) is 5.91 Å². The standard InChI is InChI=1S/C16H18BrN3O3/c1-10-8-11(2)19-16(18-10)22-12-4-3-7-20(9-12)15(21)13-5-6-14(17)23-13/h5-6,8,12H,3-4,7,9H2,1-2H3/t12-/m0/s1. The van der Waals surface area contributed by atoms with Gasteiger partial charge in [0.2, 0.25) is 0 Å². The Labute approximate surface area is 143 Å². The Morgan fingerprint density at radius 3 is 2.74 bits per heavy atom. The zero-order valence-corrected chi connectivity index (χ0v) is 14.7. The summed E-state index contributed by atoms with van der Waals surface area (Å²) >= 11 is 3.22. The topological polar surface area (TPSA) is 68.5 Å². The molecule has 0 unspecified atom stereocenters. The number of halogens is 1. The number of hydrogen-bond acceptors (Lipinski definition) is 5. The lowest BCUT2D eigenvalue weighted by atomic mass is 10.1. The molecule has 2 aromatic heterocycles. The first-order valence-electron chi connectivity index (χ1n) is 7.55. The van der Waals surface area contributed by atoms with Gasteiger partial charge >= 0.3 is 6.01 Å². The van der Waals surface area contributed by atoms with Gasteiger partial charge in [-0.15, -0.1) is 0 Å². The predicted octanol–water partition coefficient (Wildman–Crippen LogP) is 3.13. The summed E-state index contributed by atoms with van der Waals surface area (Å²) in [5.41, 5.74) is 1.74. The van der Waals surface area contributed by atoms with Gasteiger partial charge in [-0.2, -0.15) is 0 Å². The number of amides is 1. The Kier molecular flexibility index (Phi) is 4.66. The molecule has 1 aliphatic heterocycles. The molecule has 3 heterocycles. The SMILES string of the molecule is Cc1cc(C)nc(O[C@H]2CCCN(C(=O)c3ccc(Br)o3)C2)n1. The second kappa shape index (κ2) is 6.70. The molecule has 0 spiro atoms. The van der Waals surface area contributed by atoms with Crippen LogP contribution in [0, 0.1) is 13.8 Å². The zero-order valence-electron chi connectivity index (χ0n) is 13.1. The third kappa shape index (κ3) is 3.90. The fourth-order valence-corrected chi connectivity index (χ4v) is 3.01. The minimum absolute atomic E-state index is 0.104. The van der Waals surface area contributed by atoms with Crippen molar-refractivity contribution < 1.29 is 13.9 Å². The highest BCUT2D eigenvalue weighted by molar-refractivity contribution is 9.10. The van der Waals surface area contributed by atoms with E-state index in [1.165, 1.54) is 0 Å². The Morgan fingerprint density at radius 2 is 2.09 bits per heavy atom. The lowest BCUT2D eigenvalue weighted by molar-refractivity contribution is 0.0487. The fourth-order valence-electron chi connectivity index (χ4n) is 2.70. The molecule has 23 heavy (non-hydrogen) atoms. The van der Waals surface area contributed by atoms with E-state index in [0.29, 0.717) is 29.5 Å². The average Bonchev–Trinajstić information content (AvgIpc) is 2.92. The van der Waals surface area contributed by atoms with Gasteiger partial charge in [-0.05, 0) is 60.8 Å². The van der Waals surface area contributed by atoms with Gasteiger partial charge in [0, 0.05) is 17.9 Å². The molecule has 1 fully saturated rings. The van der Waals surface area contributed by atoms with Gasteiger partial charge in [-0.25, -0.2) is 9.97 Å². The minimum Gasteiger partial charge on any atom is -0.458 e. The third-order valence-corrected chi connectivity index (χ3v) is 4.11. The highest BCUT2D eigenvalue weighted by atomic mass is 79.9. The quantitative estimate of drug-likeness (QED) is 0.819. The molecule has 0 bridgehead atoms. The number of piperidine rings is 1. The van der Waals surface area contributed by atoms with Gasteiger partial charge in [0.1, 0.15) is 6.10 Å². The molecule has 7 heteroatoms. The van der Waals surface area contributed by atoms with E-state index >= 15 is 0 Å². The molecule has 0 aliphatic carbocycles. The monoisotopic (exact) mass is 379 g/mol. The molecule has 6 nitrogen and oxygen atoms in total. The summed E-state index contributed by atoms with van der Waals surface area (Å²) in [6.45, 7) is 5.03. The number of rotatable bonds is 3. The van der Waals surface area contributed by atoms with E-state index < -0.39 is 0 Å². The molecule has 0 aromatic carbocycles. The molecule has 1 atom stereocenters. The van der Waals surface area contributed by atoms with E-state index in [9.17, 15) is 4.79 Å². The number of carbonyl (C=O) groups is 1. The molecule has 1 amide bonds. The Bertz CT molecular complexity index is 696. The van der Waals surface area contributed by atoms with Crippen molar-refractivity contribution in [2.75, 3.05) is 13.1 Å². The second-order valence-electron chi connectivity index (χ2n) is 5.67. The van der Waals surface area contributed by atoms with Crippen LogP contribution in [0.1, 0.15) is 34.8 Å². The first kappa shape index (κ1) is 16.0. The van der Waals surface area contributed by atoms with Crippen molar-refractivity contribution in [1.29, 1.82) is 0 Å². The van der Waals surface area contributed by atoms with Crippen molar-refractivity contribution >= 4 is 21.8 Å². The van der Waals surface area contributed by atoms with Gasteiger partial charge in [-0.3, -0.25) is 4.79 Å². The highest BCUT2D eigenvalue weighted by Gasteiger charge is 2.27. The maximum absolute atomic E-state index is 12.4. The lowest BCUT2D eigenvalue weighted by Gasteiger charge is -2.31. The first-order valence-corrected chi connectivity index (χ1v) is 8.34. The van der Waals surface area contributed by atoms with Crippen LogP contribution in [0.2, 0.25) is 0 Å². The van der Waals surface area contributed by atoms with Crippen LogP contribution in [0.4, 0.5) is 0 Å².